The average molecular weight is 496 g/mol. The predicted octanol–water partition coefficient (Wildman–Crippen LogP) is 3.42. The maximum atomic E-state index is 13.1. The minimum atomic E-state index is -0.245. The minimum Gasteiger partial charge on any atom is -0.341 e. The van der Waals surface area contributed by atoms with Crippen molar-refractivity contribution in [2.75, 3.05) is 62.8 Å². The van der Waals surface area contributed by atoms with Crippen molar-refractivity contribution < 1.29 is 0 Å². The van der Waals surface area contributed by atoms with E-state index in [2.05, 4.69) is 91.2 Å². The maximum absolute atomic E-state index is 13.1. The third-order valence-electron chi connectivity index (χ3n) is 6.71. The molecule has 1 fully saturated rings. The number of aromatic amines is 1. The second-order valence-corrected chi connectivity index (χ2v) is 11.4. The topological polar surface area (TPSA) is 84.7 Å². The van der Waals surface area contributed by atoms with Crippen LogP contribution in [0.15, 0.2) is 41.7 Å². The molecule has 0 saturated carbocycles. The third-order valence-corrected chi connectivity index (χ3v) is 6.71. The molecule has 8 heteroatoms. The number of hydrogen-bond acceptors (Lipinski definition) is 7. The number of anilines is 2. The molecule has 0 radical (unpaired) electrons. The summed E-state index contributed by atoms with van der Waals surface area (Å²) in [5, 5.41) is 1.34. The fraction of sp³-hybridized carbons (Fsp3) is 0.571. The fourth-order valence-corrected chi connectivity index (χ4v) is 4.50. The SMILES string of the molecule is C=C(c1nc(N(CCN2CCN(Cc3ccccc3)CC2)CC(C)C)[nH]c(=O)c1N(C)N)C(C)(C)C. The summed E-state index contributed by atoms with van der Waals surface area (Å²) < 4.78 is 0. The van der Waals surface area contributed by atoms with E-state index in [0.717, 1.165) is 57.9 Å². The van der Waals surface area contributed by atoms with E-state index in [1.807, 2.05) is 0 Å². The van der Waals surface area contributed by atoms with Gasteiger partial charge in [0.05, 0.1) is 0 Å². The van der Waals surface area contributed by atoms with Gasteiger partial charge in [-0.15, -0.1) is 0 Å². The molecule has 8 nitrogen and oxygen atoms in total. The number of piperazine rings is 1. The zero-order valence-electron chi connectivity index (χ0n) is 23.0. The first kappa shape index (κ1) is 27.9. The number of hydrogen-bond donors (Lipinski definition) is 2. The van der Waals surface area contributed by atoms with E-state index in [0.29, 0.717) is 23.2 Å². The molecule has 2 heterocycles. The molecule has 1 aliphatic heterocycles. The average Bonchev–Trinajstić information content (AvgIpc) is 2.81. The van der Waals surface area contributed by atoms with Crippen LogP contribution in [0.2, 0.25) is 0 Å². The number of nitrogens with two attached hydrogens (primary N) is 1. The molecule has 3 rings (SSSR count). The van der Waals surface area contributed by atoms with E-state index in [1.165, 1.54) is 10.6 Å². The quantitative estimate of drug-likeness (QED) is 0.386. The lowest BCUT2D eigenvalue weighted by Crippen LogP contribution is -2.48. The molecule has 198 valence electrons. The summed E-state index contributed by atoms with van der Waals surface area (Å²) in [6, 6.07) is 10.7. The van der Waals surface area contributed by atoms with Gasteiger partial charge in [-0.3, -0.25) is 19.6 Å². The zero-order valence-corrected chi connectivity index (χ0v) is 23.0. The first-order chi connectivity index (χ1) is 17.0. The molecule has 1 aromatic heterocycles. The number of hydrazine groups is 1. The molecule has 0 bridgehead atoms. The van der Waals surface area contributed by atoms with Gasteiger partial charge >= 0.3 is 0 Å². The lowest BCUT2D eigenvalue weighted by Gasteiger charge is -2.36. The number of H-pyrrole nitrogens is 1. The molecule has 1 aliphatic rings. The van der Waals surface area contributed by atoms with E-state index < -0.39 is 0 Å². The number of rotatable bonds is 10. The minimum absolute atomic E-state index is 0.242. The van der Waals surface area contributed by atoms with Crippen molar-refractivity contribution in [2.45, 2.75) is 41.2 Å². The van der Waals surface area contributed by atoms with Crippen LogP contribution in [0.25, 0.3) is 5.57 Å². The van der Waals surface area contributed by atoms with E-state index >= 15 is 0 Å². The molecule has 36 heavy (non-hydrogen) atoms. The Morgan fingerprint density at radius 3 is 2.31 bits per heavy atom. The van der Waals surface area contributed by atoms with E-state index in [1.54, 1.807) is 7.05 Å². The van der Waals surface area contributed by atoms with Gasteiger partial charge in [0, 0.05) is 59.4 Å². The molecule has 1 saturated heterocycles. The van der Waals surface area contributed by atoms with E-state index in [9.17, 15) is 4.79 Å². The van der Waals surface area contributed by atoms with Gasteiger partial charge in [-0.1, -0.05) is 71.5 Å². The molecule has 0 spiro atoms. The Kier molecular flexibility index (Phi) is 9.33. The van der Waals surface area contributed by atoms with Gasteiger partial charge in [0.1, 0.15) is 11.4 Å². The number of aromatic nitrogens is 2. The van der Waals surface area contributed by atoms with Gasteiger partial charge in [0.25, 0.3) is 5.56 Å². The highest BCUT2D eigenvalue weighted by Gasteiger charge is 2.26. The van der Waals surface area contributed by atoms with Gasteiger partial charge in [-0.2, -0.15) is 0 Å². The van der Waals surface area contributed by atoms with Crippen LogP contribution in [0.5, 0.6) is 0 Å². The highest BCUT2D eigenvalue weighted by Crippen LogP contribution is 2.34. The second kappa shape index (κ2) is 12.0. The molecule has 0 atom stereocenters. The molecule has 0 aliphatic carbocycles. The van der Waals surface area contributed by atoms with Crippen LogP contribution in [0.4, 0.5) is 11.6 Å². The Hall–Kier alpha value is -2.68. The Morgan fingerprint density at radius 1 is 1.14 bits per heavy atom. The van der Waals surface area contributed by atoms with Crippen LogP contribution in [-0.2, 0) is 6.54 Å². The molecule has 0 unspecified atom stereocenters. The van der Waals surface area contributed by atoms with Crippen molar-refractivity contribution in [3.63, 3.8) is 0 Å². The lowest BCUT2D eigenvalue weighted by atomic mass is 9.85. The smallest absolute Gasteiger partial charge is 0.277 e. The number of allylic oxidation sites excluding steroid dienone is 1. The summed E-state index contributed by atoms with van der Waals surface area (Å²) in [4.78, 5) is 28.3. The number of nitrogens with zero attached hydrogens (tertiary/aromatic N) is 5. The lowest BCUT2D eigenvalue weighted by molar-refractivity contribution is 0.129. The first-order valence-electron chi connectivity index (χ1n) is 13.0. The summed E-state index contributed by atoms with van der Waals surface area (Å²) >= 11 is 0. The Morgan fingerprint density at radius 2 is 1.75 bits per heavy atom. The highest BCUT2D eigenvalue weighted by molar-refractivity contribution is 5.75. The highest BCUT2D eigenvalue weighted by atomic mass is 16.1. The predicted molar refractivity (Wildman–Crippen MR) is 151 cm³/mol. The van der Waals surface area contributed by atoms with Crippen molar-refractivity contribution in [2.24, 2.45) is 17.2 Å². The first-order valence-corrected chi connectivity index (χ1v) is 13.0. The van der Waals surface area contributed by atoms with Crippen LogP contribution in [0.1, 0.15) is 45.9 Å². The summed E-state index contributed by atoms with van der Waals surface area (Å²) in [7, 11) is 1.66. The summed E-state index contributed by atoms with van der Waals surface area (Å²) in [6.07, 6.45) is 0. The van der Waals surface area contributed by atoms with Crippen LogP contribution >= 0.6 is 0 Å². The third kappa shape index (κ3) is 7.41. The fourth-order valence-electron chi connectivity index (χ4n) is 4.50. The summed E-state index contributed by atoms with van der Waals surface area (Å²) in [5.74, 6) is 7.03. The van der Waals surface area contributed by atoms with Gasteiger partial charge in [-0.05, 0) is 22.5 Å². The second-order valence-electron chi connectivity index (χ2n) is 11.4. The molecule has 0 amide bonds. The summed E-state index contributed by atoms with van der Waals surface area (Å²) in [5.41, 5.74) is 2.58. The summed E-state index contributed by atoms with van der Waals surface area (Å²) in [6.45, 7) is 22.6. The van der Waals surface area contributed by atoms with Crippen molar-refractivity contribution in [1.82, 2.24) is 19.8 Å². The van der Waals surface area contributed by atoms with Gasteiger partial charge in [0.15, 0.2) is 0 Å². The van der Waals surface area contributed by atoms with Crippen LogP contribution in [-0.4, -0.2) is 72.6 Å². The largest absolute Gasteiger partial charge is 0.341 e. The standard InChI is InChI=1S/C28H45N7O/c1-21(2)19-35(18-17-33-13-15-34(16-14-33)20-23-11-9-8-10-12-23)27-30-24(22(3)28(4,5)6)25(32(7)29)26(36)31-27/h8-12,21H,3,13-20,29H2,1-2,4-7H3,(H,30,31,36). The zero-order chi connectivity index (χ0) is 26.5. The Balaban J connectivity index is 1.72. The monoisotopic (exact) mass is 495 g/mol. The number of nitrogens with one attached hydrogen (secondary N) is 1. The molecule has 1 aromatic carbocycles. The van der Waals surface area contributed by atoms with E-state index in [-0.39, 0.29) is 11.0 Å². The van der Waals surface area contributed by atoms with Gasteiger partial charge in [-0.25, -0.2) is 10.8 Å². The molecule has 3 N–H and O–H groups in total. The van der Waals surface area contributed by atoms with Crippen molar-refractivity contribution in [1.29, 1.82) is 0 Å². The van der Waals surface area contributed by atoms with Crippen molar-refractivity contribution >= 4 is 17.2 Å². The normalized spacial score (nSPS) is 15.3. The van der Waals surface area contributed by atoms with Crippen LogP contribution in [0.3, 0.4) is 0 Å². The maximum Gasteiger partial charge on any atom is 0.277 e. The molecular weight excluding hydrogens is 450 g/mol. The Labute approximate surface area is 216 Å². The van der Waals surface area contributed by atoms with Gasteiger partial charge in [0.2, 0.25) is 5.95 Å². The van der Waals surface area contributed by atoms with Crippen LogP contribution < -0.4 is 21.3 Å². The number of benzene rings is 1. The van der Waals surface area contributed by atoms with Crippen molar-refractivity contribution in [3.05, 3.63) is 58.5 Å². The van der Waals surface area contributed by atoms with Crippen LogP contribution in [0, 0.1) is 11.3 Å². The molecular formula is C28H45N7O. The molecule has 2 aromatic rings. The van der Waals surface area contributed by atoms with Crippen molar-refractivity contribution in [3.8, 4) is 0 Å². The Bertz CT molecular complexity index is 1050. The van der Waals surface area contributed by atoms with E-state index in [4.69, 9.17) is 10.8 Å². The van der Waals surface area contributed by atoms with Gasteiger partial charge < -0.3 is 9.91 Å².